The van der Waals surface area contributed by atoms with Crippen LogP contribution in [-0.2, 0) is 12.8 Å². The van der Waals surface area contributed by atoms with Crippen molar-refractivity contribution in [2.75, 3.05) is 13.2 Å². The maximum Gasteiger partial charge on any atom is 0.125 e. The SMILES string of the molecule is CC(C)NCC(Cc1cc(Cl)cc2c1OCC2)C(C)C. The summed E-state index contributed by atoms with van der Waals surface area (Å²) in [6.07, 6.45) is 2.01. The Morgan fingerprint density at radius 1 is 1.25 bits per heavy atom. The van der Waals surface area contributed by atoms with E-state index in [0.717, 1.165) is 36.8 Å². The lowest BCUT2D eigenvalue weighted by molar-refractivity contribution is 0.330. The van der Waals surface area contributed by atoms with Crippen LogP contribution in [0.1, 0.15) is 38.8 Å². The summed E-state index contributed by atoms with van der Waals surface area (Å²) in [6, 6.07) is 4.65. The van der Waals surface area contributed by atoms with E-state index in [1.54, 1.807) is 0 Å². The number of ether oxygens (including phenoxy) is 1. The first-order valence-electron chi connectivity index (χ1n) is 7.65. The highest BCUT2D eigenvalue weighted by atomic mass is 35.5. The van der Waals surface area contributed by atoms with Crippen LogP contribution in [-0.4, -0.2) is 19.2 Å². The number of benzene rings is 1. The predicted molar refractivity (Wildman–Crippen MR) is 85.8 cm³/mol. The zero-order valence-corrected chi connectivity index (χ0v) is 13.8. The normalized spacial score (nSPS) is 15.6. The van der Waals surface area contributed by atoms with Crippen molar-refractivity contribution in [3.05, 3.63) is 28.3 Å². The predicted octanol–water partition coefficient (Wildman–Crippen LogP) is 4.09. The van der Waals surface area contributed by atoms with Gasteiger partial charge >= 0.3 is 0 Å². The van der Waals surface area contributed by atoms with Crippen molar-refractivity contribution in [1.82, 2.24) is 5.32 Å². The van der Waals surface area contributed by atoms with E-state index in [9.17, 15) is 0 Å². The molecule has 2 rings (SSSR count). The van der Waals surface area contributed by atoms with Gasteiger partial charge in [-0.2, -0.15) is 0 Å². The molecule has 1 heterocycles. The Kier molecular flexibility index (Phi) is 5.34. The Bertz CT molecular complexity index is 457. The third-order valence-electron chi connectivity index (χ3n) is 4.04. The van der Waals surface area contributed by atoms with E-state index in [0.29, 0.717) is 17.9 Å². The Labute approximate surface area is 127 Å². The van der Waals surface area contributed by atoms with Gasteiger partial charge in [0.15, 0.2) is 0 Å². The third kappa shape index (κ3) is 3.89. The first-order valence-corrected chi connectivity index (χ1v) is 8.02. The standard InChI is InChI=1S/C17H26ClNO/c1-11(2)15(10-19-12(3)4)7-14-9-16(18)8-13-5-6-20-17(13)14/h8-9,11-12,15,19H,5-7,10H2,1-4H3. The fourth-order valence-corrected chi connectivity index (χ4v) is 2.97. The summed E-state index contributed by atoms with van der Waals surface area (Å²) in [4.78, 5) is 0. The molecule has 1 atom stereocenters. The van der Waals surface area contributed by atoms with Gasteiger partial charge in [-0.05, 0) is 48.1 Å². The molecule has 0 radical (unpaired) electrons. The maximum absolute atomic E-state index is 6.25. The second-order valence-electron chi connectivity index (χ2n) is 6.42. The maximum atomic E-state index is 6.25. The highest BCUT2D eigenvalue weighted by Crippen LogP contribution is 2.35. The van der Waals surface area contributed by atoms with Crippen LogP contribution in [0.3, 0.4) is 0 Å². The molecule has 2 nitrogen and oxygen atoms in total. The molecule has 20 heavy (non-hydrogen) atoms. The van der Waals surface area contributed by atoms with Crippen LogP contribution in [0.4, 0.5) is 0 Å². The average molecular weight is 296 g/mol. The summed E-state index contributed by atoms with van der Waals surface area (Å²) in [5.41, 5.74) is 2.54. The van der Waals surface area contributed by atoms with Crippen molar-refractivity contribution >= 4 is 11.6 Å². The minimum atomic E-state index is 0.526. The van der Waals surface area contributed by atoms with E-state index in [2.05, 4.69) is 39.1 Å². The Morgan fingerprint density at radius 3 is 2.65 bits per heavy atom. The largest absolute Gasteiger partial charge is 0.493 e. The van der Waals surface area contributed by atoms with Gasteiger partial charge in [-0.3, -0.25) is 0 Å². The van der Waals surface area contributed by atoms with Crippen LogP contribution in [0.5, 0.6) is 5.75 Å². The molecule has 0 spiro atoms. The van der Waals surface area contributed by atoms with Crippen LogP contribution in [0.2, 0.25) is 5.02 Å². The smallest absolute Gasteiger partial charge is 0.125 e. The Morgan fingerprint density at radius 2 is 2.00 bits per heavy atom. The Balaban J connectivity index is 2.14. The molecule has 1 aliphatic rings. The third-order valence-corrected chi connectivity index (χ3v) is 4.26. The zero-order valence-electron chi connectivity index (χ0n) is 13.0. The van der Waals surface area contributed by atoms with Crippen molar-refractivity contribution in [2.45, 2.75) is 46.6 Å². The molecule has 0 aromatic heterocycles. The molecule has 0 saturated carbocycles. The first-order chi connectivity index (χ1) is 9.47. The summed E-state index contributed by atoms with van der Waals surface area (Å²) in [5, 5.41) is 4.39. The van der Waals surface area contributed by atoms with E-state index < -0.39 is 0 Å². The van der Waals surface area contributed by atoms with Gasteiger partial charge in [0.1, 0.15) is 5.75 Å². The summed E-state index contributed by atoms with van der Waals surface area (Å²) >= 11 is 6.25. The molecule has 1 aliphatic heterocycles. The Hall–Kier alpha value is -0.730. The van der Waals surface area contributed by atoms with E-state index in [4.69, 9.17) is 16.3 Å². The number of fused-ring (bicyclic) bond motifs is 1. The molecule has 112 valence electrons. The van der Waals surface area contributed by atoms with Crippen LogP contribution in [0.15, 0.2) is 12.1 Å². The van der Waals surface area contributed by atoms with Gasteiger partial charge in [0.05, 0.1) is 6.61 Å². The van der Waals surface area contributed by atoms with Gasteiger partial charge in [0, 0.05) is 17.5 Å². The fraction of sp³-hybridized carbons (Fsp3) is 0.647. The lowest BCUT2D eigenvalue weighted by Gasteiger charge is -2.24. The summed E-state index contributed by atoms with van der Waals surface area (Å²) in [5.74, 6) is 2.33. The van der Waals surface area contributed by atoms with Crippen LogP contribution >= 0.6 is 11.6 Å². The lowest BCUT2D eigenvalue weighted by Crippen LogP contribution is -2.32. The van der Waals surface area contributed by atoms with Crippen LogP contribution in [0.25, 0.3) is 0 Å². The number of hydrogen-bond donors (Lipinski definition) is 1. The number of halogens is 1. The number of nitrogens with one attached hydrogen (secondary N) is 1. The minimum absolute atomic E-state index is 0.526. The molecule has 0 fully saturated rings. The van der Waals surface area contributed by atoms with Crippen molar-refractivity contribution in [3.8, 4) is 5.75 Å². The first kappa shape index (κ1) is 15.7. The molecule has 0 saturated heterocycles. The van der Waals surface area contributed by atoms with E-state index >= 15 is 0 Å². The van der Waals surface area contributed by atoms with Crippen LogP contribution < -0.4 is 10.1 Å². The molecule has 0 aliphatic carbocycles. The average Bonchev–Trinajstić information content (AvgIpc) is 2.81. The van der Waals surface area contributed by atoms with Gasteiger partial charge in [-0.15, -0.1) is 0 Å². The van der Waals surface area contributed by atoms with Gasteiger partial charge < -0.3 is 10.1 Å². The van der Waals surface area contributed by atoms with E-state index in [1.165, 1.54) is 11.1 Å². The van der Waals surface area contributed by atoms with Crippen molar-refractivity contribution < 1.29 is 4.74 Å². The van der Waals surface area contributed by atoms with Crippen molar-refractivity contribution in [1.29, 1.82) is 0 Å². The number of hydrogen-bond acceptors (Lipinski definition) is 2. The molecule has 1 N–H and O–H groups in total. The molecule has 3 heteroatoms. The van der Waals surface area contributed by atoms with Gasteiger partial charge in [-0.25, -0.2) is 0 Å². The monoisotopic (exact) mass is 295 g/mol. The van der Waals surface area contributed by atoms with E-state index in [1.807, 2.05) is 6.07 Å². The topological polar surface area (TPSA) is 21.3 Å². The van der Waals surface area contributed by atoms with E-state index in [-0.39, 0.29) is 0 Å². The lowest BCUT2D eigenvalue weighted by atomic mass is 9.88. The molecule has 1 unspecified atom stereocenters. The molecular formula is C17H26ClNO. The molecule has 0 bridgehead atoms. The summed E-state index contributed by atoms with van der Waals surface area (Å²) in [7, 11) is 0. The van der Waals surface area contributed by atoms with Crippen LogP contribution in [0, 0.1) is 11.8 Å². The summed E-state index contributed by atoms with van der Waals surface area (Å²) in [6.45, 7) is 10.8. The van der Waals surface area contributed by atoms with Crippen molar-refractivity contribution in [2.24, 2.45) is 11.8 Å². The molecule has 1 aromatic rings. The van der Waals surface area contributed by atoms with Gasteiger partial charge in [0.25, 0.3) is 0 Å². The summed E-state index contributed by atoms with van der Waals surface area (Å²) < 4.78 is 5.81. The fourth-order valence-electron chi connectivity index (χ4n) is 2.71. The quantitative estimate of drug-likeness (QED) is 0.853. The molecule has 0 amide bonds. The molecular weight excluding hydrogens is 270 g/mol. The van der Waals surface area contributed by atoms with Gasteiger partial charge in [-0.1, -0.05) is 39.3 Å². The molecule has 1 aromatic carbocycles. The highest BCUT2D eigenvalue weighted by Gasteiger charge is 2.22. The minimum Gasteiger partial charge on any atom is -0.493 e. The second-order valence-corrected chi connectivity index (χ2v) is 6.86. The highest BCUT2D eigenvalue weighted by molar-refractivity contribution is 6.30. The van der Waals surface area contributed by atoms with Crippen molar-refractivity contribution in [3.63, 3.8) is 0 Å². The zero-order chi connectivity index (χ0) is 14.7. The number of rotatable bonds is 6. The second kappa shape index (κ2) is 6.82. The van der Waals surface area contributed by atoms with Gasteiger partial charge in [0.2, 0.25) is 0 Å².